The van der Waals surface area contributed by atoms with E-state index in [0.717, 1.165) is 13.8 Å². The summed E-state index contributed by atoms with van der Waals surface area (Å²) in [5, 5.41) is 5.73. The largest absolute Gasteiger partial charge is 0.496 e. The van der Waals surface area contributed by atoms with Crippen molar-refractivity contribution in [3.63, 3.8) is 0 Å². The maximum Gasteiger partial charge on any atom is 0.338 e. The average molecular weight is 1250 g/mol. The Morgan fingerprint density at radius 2 is 0.767 bits per heavy atom. The van der Waals surface area contributed by atoms with Gasteiger partial charge in [-0.25, -0.2) is 9.59 Å². The third-order valence-corrected chi connectivity index (χ3v) is 14.7. The summed E-state index contributed by atoms with van der Waals surface area (Å²) in [4.78, 5) is 104. The number of benzene rings is 5. The fourth-order valence-corrected chi connectivity index (χ4v) is 11.2. The average Bonchev–Trinajstić information content (AvgIpc) is 0.797. The molecule has 0 unspecified atom stereocenters. The standard InChI is InChI=1S/C62H68N6O22/c1-31(69)83-55-49(89-53(57(85-33(3)71)59(55)87-35(5)73)45-23-47(77-7)41-18-11-13-20-43(41)51(45)79-9)27-67-25-39(63-65-67)29-81-61(75)37-16-15-17-38(22-37)62(76)82-30-40-26-68(66-64-40)28-50-56(84-32(2)70)60(88-36(6)74)58(86-34(4)72)54(90-50)46-24-48(78-8)42-19-12-14-21-44(42)52(46)80-10/h11-26,49-50,53-60,63-66H,27-30H2,1-10H3/t49-,50-,53+,54+,55-,56-,57+,58+,59+,60+/m1/s1. The molecule has 9 rings (SSSR count). The molecule has 0 saturated carbocycles. The topological polar surface area (TPSA) is 320 Å². The number of ether oxygens (including phenoxy) is 14. The number of carbonyl (C=O) groups excluding carboxylic acids is 8. The fraction of sp³-hybridized carbons (Fsp3) is 0.387. The summed E-state index contributed by atoms with van der Waals surface area (Å²) in [6.07, 6.45) is -9.67. The second-order valence-electron chi connectivity index (χ2n) is 20.9. The minimum atomic E-state index is -1.39. The number of nitrogens with one attached hydrogen (secondary N) is 4. The second kappa shape index (κ2) is 28.5. The number of nitrogens with zero attached hydrogens (tertiary/aromatic N) is 2. The Hall–Kier alpha value is -9.90. The minimum absolute atomic E-state index is 0.0141. The molecule has 2 saturated heterocycles. The van der Waals surface area contributed by atoms with Gasteiger partial charge in [-0.15, -0.1) is 11.1 Å². The van der Waals surface area contributed by atoms with Crippen LogP contribution in [0.1, 0.15) is 85.6 Å². The van der Waals surface area contributed by atoms with Crippen LogP contribution in [0.2, 0.25) is 0 Å². The number of fused-ring (bicyclic) bond motifs is 2. The second-order valence-corrected chi connectivity index (χ2v) is 20.9. The van der Waals surface area contributed by atoms with Crippen LogP contribution in [-0.4, -0.2) is 161 Å². The maximum absolute atomic E-state index is 13.5. The van der Waals surface area contributed by atoms with Gasteiger partial charge in [-0.2, -0.15) is 0 Å². The van der Waals surface area contributed by atoms with Crippen molar-refractivity contribution in [2.24, 2.45) is 0 Å². The van der Waals surface area contributed by atoms with E-state index >= 15 is 0 Å². The zero-order chi connectivity index (χ0) is 64.5. The van der Waals surface area contributed by atoms with Crippen molar-refractivity contribution >= 4 is 69.3 Å². The number of carbonyl (C=O) groups is 8. The highest BCUT2D eigenvalue weighted by molar-refractivity contribution is 5.97. The molecule has 478 valence electrons. The summed E-state index contributed by atoms with van der Waals surface area (Å²) in [5.74, 6) is -4.51. The molecule has 4 N–H and O–H groups in total. The lowest BCUT2D eigenvalue weighted by Gasteiger charge is -2.45. The number of hydrogen-bond donors (Lipinski definition) is 4. The van der Waals surface area contributed by atoms with Crippen LogP contribution in [0.15, 0.2) is 109 Å². The van der Waals surface area contributed by atoms with Crippen LogP contribution in [0.5, 0.6) is 23.0 Å². The van der Waals surface area contributed by atoms with Gasteiger partial charge < -0.3 is 77.2 Å². The highest BCUT2D eigenvalue weighted by Gasteiger charge is 2.55. The van der Waals surface area contributed by atoms with Crippen molar-refractivity contribution in [2.75, 3.05) is 54.7 Å². The van der Waals surface area contributed by atoms with Gasteiger partial charge in [0.2, 0.25) is 0 Å². The molecule has 2 fully saturated rings. The summed E-state index contributed by atoms with van der Waals surface area (Å²) in [6, 6.07) is 23.6. The Kier molecular flexibility index (Phi) is 20.5. The fourth-order valence-electron chi connectivity index (χ4n) is 11.2. The van der Waals surface area contributed by atoms with Crippen molar-refractivity contribution in [1.29, 1.82) is 0 Å². The van der Waals surface area contributed by atoms with Gasteiger partial charge in [0, 0.05) is 86.6 Å². The first kappa shape index (κ1) is 64.6. The van der Waals surface area contributed by atoms with Gasteiger partial charge in [0.15, 0.2) is 36.6 Å². The SMILES string of the molecule is COc1cc([C@@H]2O[C@H](CN3C=C(COC(=O)c4cccc(C(=O)OCC5=CN(C[C@H]6O[C@@H](c7cc(OC)c8ccccc8c7OC)[C@H](OC(C)=O)[C@@H](OC(C)=O)[C@@H]6OC(C)=O)NN5)c4)NN3)[C@@H](OC(C)=O)[C@H](OC(C)=O)[C@H]2OC(C)=O)c(OC)c2ccccc12. The molecule has 0 aliphatic carbocycles. The van der Waals surface area contributed by atoms with Crippen molar-refractivity contribution in [3.05, 3.63) is 131 Å². The van der Waals surface area contributed by atoms with Crippen LogP contribution >= 0.6 is 0 Å². The number of methoxy groups -OCH3 is 4. The summed E-state index contributed by atoms with van der Waals surface area (Å²) < 4.78 is 83.0. The Morgan fingerprint density at radius 3 is 1.11 bits per heavy atom. The molecule has 0 bridgehead atoms. The van der Waals surface area contributed by atoms with E-state index in [1.165, 1.54) is 90.4 Å². The summed E-state index contributed by atoms with van der Waals surface area (Å²) in [5.41, 5.74) is 13.2. The zero-order valence-electron chi connectivity index (χ0n) is 50.7. The number of esters is 8. The molecule has 0 aromatic heterocycles. The monoisotopic (exact) mass is 1250 g/mol. The van der Waals surface area contributed by atoms with Crippen molar-refractivity contribution in [1.82, 2.24) is 31.9 Å². The van der Waals surface area contributed by atoms with Crippen molar-refractivity contribution < 1.29 is 105 Å². The van der Waals surface area contributed by atoms with E-state index in [-0.39, 0.29) is 37.4 Å². The Morgan fingerprint density at radius 1 is 0.422 bits per heavy atom. The third-order valence-electron chi connectivity index (χ3n) is 14.7. The maximum atomic E-state index is 13.5. The Bertz CT molecular complexity index is 3410. The lowest BCUT2D eigenvalue weighted by atomic mass is 9.88. The van der Waals surface area contributed by atoms with Gasteiger partial charge in [-0.3, -0.25) is 38.8 Å². The summed E-state index contributed by atoms with van der Waals surface area (Å²) in [7, 11) is 5.92. The van der Waals surface area contributed by atoms with Crippen molar-refractivity contribution in [3.8, 4) is 23.0 Å². The van der Waals surface area contributed by atoms with Gasteiger partial charge in [0.25, 0.3) is 0 Å². The first-order valence-electron chi connectivity index (χ1n) is 28.2. The Balaban J connectivity index is 0.867. The molecule has 10 atom stereocenters. The molecule has 90 heavy (non-hydrogen) atoms. The Labute approximate surface area is 515 Å². The normalized spacial score (nSPS) is 22.7. The lowest BCUT2D eigenvalue weighted by Crippen LogP contribution is -2.61. The van der Waals surface area contributed by atoms with E-state index in [4.69, 9.17) is 66.3 Å². The lowest BCUT2D eigenvalue weighted by molar-refractivity contribution is -0.251. The van der Waals surface area contributed by atoms with Crippen LogP contribution in [-0.2, 0) is 76.1 Å². The number of hydrazine groups is 4. The van der Waals surface area contributed by atoms with Crippen LogP contribution < -0.4 is 40.9 Å². The van der Waals surface area contributed by atoms with Crippen LogP contribution in [0.4, 0.5) is 0 Å². The van der Waals surface area contributed by atoms with E-state index in [0.29, 0.717) is 67.1 Å². The smallest absolute Gasteiger partial charge is 0.338 e. The molecule has 28 heteroatoms. The van der Waals surface area contributed by atoms with Crippen LogP contribution in [0, 0.1) is 0 Å². The molecule has 28 nitrogen and oxygen atoms in total. The molecule has 0 amide bonds. The minimum Gasteiger partial charge on any atom is -0.496 e. The molecular formula is C62H68N6O22. The molecule has 5 aromatic carbocycles. The summed E-state index contributed by atoms with van der Waals surface area (Å²) >= 11 is 0. The van der Waals surface area contributed by atoms with E-state index in [1.807, 2.05) is 48.5 Å². The van der Waals surface area contributed by atoms with Gasteiger partial charge in [0.05, 0.1) is 64.0 Å². The quantitative estimate of drug-likeness (QED) is 0.0546. The number of rotatable bonds is 22. The van der Waals surface area contributed by atoms with E-state index in [9.17, 15) is 38.4 Å². The van der Waals surface area contributed by atoms with Crippen LogP contribution in [0.3, 0.4) is 0 Å². The zero-order valence-corrected chi connectivity index (χ0v) is 50.7. The first-order valence-corrected chi connectivity index (χ1v) is 28.2. The first-order chi connectivity index (χ1) is 43.2. The van der Waals surface area contributed by atoms with E-state index < -0.39 is 109 Å². The molecule has 4 heterocycles. The predicted molar refractivity (Wildman–Crippen MR) is 312 cm³/mol. The van der Waals surface area contributed by atoms with Gasteiger partial charge >= 0.3 is 47.8 Å². The molecule has 0 spiro atoms. The molecule has 4 aliphatic rings. The third kappa shape index (κ3) is 14.6. The highest BCUT2D eigenvalue weighted by atomic mass is 16.7. The van der Waals surface area contributed by atoms with Gasteiger partial charge in [0.1, 0.15) is 60.6 Å². The van der Waals surface area contributed by atoms with Gasteiger partial charge in [-0.1, -0.05) is 54.6 Å². The molecule has 4 aliphatic heterocycles. The van der Waals surface area contributed by atoms with Gasteiger partial charge in [-0.05, 0) is 30.3 Å². The van der Waals surface area contributed by atoms with Crippen molar-refractivity contribution in [2.45, 2.75) is 103 Å². The molecule has 5 aromatic rings. The predicted octanol–water partition coefficient (Wildman–Crippen LogP) is 4.54. The summed E-state index contributed by atoms with van der Waals surface area (Å²) in [6.45, 7) is 6.19. The molecule has 0 radical (unpaired) electrons. The highest BCUT2D eigenvalue weighted by Crippen LogP contribution is 2.48. The van der Waals surface area contributed by atoms with Crippen LogP contribution in [0.25, 0.3) is 21.5 Å². The number of hydrogen-bond acceptors (Lipinski definition) is 28. The van der Waals surface area contributed by atoms with E-state index in [2.05, 4.69) is 21.9 Å². The molecular weight excluding hydrogens is 1180 g/mol. The van der Waals surface area contributed by atoms with E-state index in [1.54, 1.807) is 24.5 Å².